The molecular formula is C16H21ClN4O3. The third-order valence-corrected chi connectivity index (χ3v) is 3.81. The zero-order chi connectivity index (χ0) is 16.7. The van der Waals surface area contributed by atoms with Crippen LogP contribution in [0.4, 0.5) is 5.69 Å². The van der Waals surface area contributed by atoms with E-state index < -0.39 is 0 Å². The van der Waals surface area contributed by atoms with Gasteiger partial charge in [0.15, 0.2) is 0 Å². The van der Waals surface area contributed by atoms with Gasteiger partial charge in [0.25, 0.3) is 0 Å². The summed E-state index contributed by atoms with van der Waals surface area (Å²) in [6.45, 7) is 2.88. The molecule has 2 rings (SSSR count). The van der Waals surface area contributed by atoms with Gasteiger partial charge in [-0.2, -0.15) is 0 Å². The number of anilines is 1. The van der Waals surface area contributed by atoms with Gasteiger partial charge in [0.1, 0.15) is 11.6 Å². The molecule has 24 heavy (non-hydrogen) atoms. The summed E-state index contributed by atoms with van der Waals surface area (Å²) in [5.41, 5.74) is 1.15. The smallest absolute Gasteiger partial charge is 0.227 e. The van der Waals surface area contributed by atoms with E-state index in [-0.39, 0.29) is 42.4 Å². The largest absolute Gasteiger partial charge is 0.371 e. The van der Waals surface area contributed by atoms with E-state index in [1.807, 2.05) is 12.1 Å². The minimum atomic E-state index is -0.266. The van der Waals surface area contributed by atoms with E-state index in [4.69, 9.17) is 0 Å². The van der Waals surface area contributed by atoms with Crippen LogP contribution in [0.5, 0.6) is 0 Å². The Morgan fingerprint density at radius 3 is 2.46 bits per heavy atom. The fourth-order valence-corrected chi connectivity index (χ4v) is 2.52. The Labute approximate surface area is 146 Å². The third-order valence-electron chi connectivity index (χ3n) is 3.81. The van der Waals surface area contributed by atoms with E-state index in [1.54, 1.807) is 18.3 Å². The summed E-state index contributed by atoms with van der Waals surface area (Å²) >= 11 is 0. The molecule has 1 fully saturated rings. The Kier molecular flexibility index (Phi) is 7.95. The summed E-state index contributed by atoms with van der Waals surface area (Å²) in [4.78, 5) is 40.1. The molecule has 2 N–H and O–H groups in total. The third kappa shape index (κ3) is 5.68. The molecule has 130 valence electrons. The second-order valence-corrected chi connectivity index (χ2v) is 5.45. The van der Waals surface area contributed by atoms with Crippen molar-refractivity contribution in [2.75, 3.05) is 24.5 Å². The molecule has 7 nitrogen and oxygen atoms in total. The lowest BCUT2D eigenvalue weighted by atomic mass is 9.95. The van der Waals surface area contributed by atoms with Crippen LogP contribution in [0.1, 0.15) is 19.8 Å². The van der Waals surface area contributed by atoms with Crippen molar-refractivity contribution in [3.8, 4) is 0 Å². The number of piperidine rings is 1. The number of nitrogens with zero attached hydrogens (tertiary/aromatic N) is 2. The first-order chi connectivity index (χ1) is 11.1. The molecule has 1 aliphatic heterocycles. The highest BCUT2D eigenvalue weighted by Crippen LogP contribution is 2.22. The van der Waals surface area contributed by atoms with Crippen LogP contribution in [0.15, 0.2) is 30.2 Å². The minimum absolute atomic E-state index is 0. The maximum absolute atomic E-state index is 12.2. The second kappa shape index (κ2) is 9.70. The Morgan fingerprint density at radius 2 is 1.92 bits per heavy atom. The van der Waals surface area contributed by atoms with Crippen molar-refractivity contribution in [2.24, 2.45) is 5.92 Å². The van der Waals surface area contributed by atoms with E-state index in [2.05, 4.69) is 20.5 Å². The van der Waals surface area contributed by atoms with Crippen molar-refractivity contribution in [2.45, 2.75) is 19.8 Å². The summed E-state index contributed by atoms with van der Waals surface area (Å²) in [5.74, 6) is 1.06. The SMILES string of the molecule is CC(=O)NCC(=C=O)NC(=O)C1CCN(c2ccncc2)CC1.Cl. The molecule has 1 saturated heterocycles. The summed E-state index contributed by atoms with van der Waals surface area (Å²) in [5, 5.41) is 5.02. The minimum Gasteiger partial charge on any atom is -0.371 e. The summed E-state index contributed by atoms with van der Waals surface area (Å²) in [6, 6.07) is 3.89. The maximum atomic E-state index is 12.2. The predicted octanol–water partition coefficient (Wildman–Crippen LogP) is 0.688. The lowest BCUT2D eigenvalue weighted by molar-refractivity contribution is -0.125. The van der Waals surface area contributed by atoms with Crippen LogP contribution in [-0.2, 0) is 14.4 Å². The molecule has 1 aliphatic rings. The van der Waals surface area contributed by atoms with Crippen LogP contribution in [0.3, 0.4) is 0 Å². The Hall–Kier alpha value is -2.37. The maximum Gasteiger partial charge on any atom is 0.227 e. The number of pyridine rings is 1. The number of hydrogen-bond donors (Lipinski definition) is 2. The number of hydrogen-bond acceptors (Lipinski definition) is 5. The van der Waals surface area contributed by atoms with Crippen LogP contribution >= 0.6 is 12.4 Å². The van der Waals surface area contributed by atoms with Gasteiger partial charge in [-0.05, 0) is 25.0 Å². The number of halogens is 1. The number of nitrogens with one attached hydrogen (secondary N) is 2. The molecule has 0 aliphatic carbocycles. The highest BCUT2D eigenvalue weighted by molar-refractivity contribution is 5.85. The van der Waals surface area contributed by atoms with E-state index >= 15 is 0 Å². The number of amides is 2. The van der Waals surface area contributed by atoms with Crippen molar-refractivity contribution < 1.29 is 14.4 Å². The van der Waals surface area contributed by atoms with Crippen LogP contribution < -0.4 is 15.5 Å². The molecule has 0 unspecified atom stereocenters. The topological polar surface area (TPSA) is 91.4 Å². The van der Waals surface area contributed by atoms with E-state index in [1.165, 1.54) is 6.92 Å². The molecule has 0 radical (unpaired) electrons. The Balaban J connectivity index is 0.00000288. The van der Waals surface area contributed by atoms with Gasteiger partial charge < -0.3 is 15.5 Å². The van der Waals surface area contributed by atoms with Crippen LogP contribution in [-0.4, -0.2) is 42.4 Å². The zero-order valence-electron chi connectivity index (χ0n) is 13.4. The number of rotatable bonds is 5. The fourth-order valence-electron chi connectivity index (χ4n) is 2.52. The van der Waals surface area contributed by atoms with Crippen molar-refractivity contribution in [3.05, 3.63) is 30.2 Å². The van der Waals surface area contributed by atoms with Gasteiger partial charge in [-0.25, -0.2) is 4.79 Å². The monoisotopic (exact) mass is 352 g/mol. The number of aromatic nitrogens is 1. The number of carbonyl (C=O) groups is 2. The average molecular weight is 353 g/mol. The molecule has 0 bridgehead atoms. The second-order valence-electron chi connectivity index (χ2n) is 5.45. The van der Waals surface area contributed by atoms with Crippen molar-refractivity contribution in [1.82, 2.24) is 15.6 Å². The van der Waals surface area contributed by atoms with Crippen molar-refractivity contribution >= 4 is 35.9 Å². The standard InChI is InChI=1S/C16H20N4O3.ClH/c1-12(22)18-10-14(11-21)19-16(23)13-4-8-20(9-5-13)15-2-6-17-7-3-15;/h2-3,6-7,13H,4-5,8-10H2,1H3,(H,18,22)(H,19,23);1H. The quantitative estimate of drug-likeness (QED) is 0.761. The van der Waals surface area contributed by atoms with Gasteiger partial charge in [0.05, 0.1) is 6.54 Å². The zero-order valence-corrected chi connectivity index (χ0v) is 14.3. The van der Waals surface area contributed by atoms with Crippen LogP contribution in [0.2, 0.25) is 0 Å². The van der Waals surface area contributed by atoms with Crippen molar-refractivity contribution in [3.63, 3.8) is 0 Å². The van der Waals surface area contributed by atoms with Gasteiger partial charge in [0, 0.05) is 44.0 Å². The molecular weight excluding hydrogens is 332 g/mol. The normalized spacial score (nSPS) is 14.1. The molecule has 2 heterocycles. The van der Waals surface area contributed by atoms with Gasteiger partial charge in [0.2, 0.25) is 11.8 Å². The van der Waals surface area contributed by atoms with E-state index in [9.17, 15) is 14.4 Å². The lowest BCUT2D eigenvalue weighted by Gasteiger charge is -2.32. The van der Waals surface area contributed by atoms with Crippen molar-refractivity contribution in [1.29, 1.82) is 0 Å². The molecule has 1 aromatic rings. The average Bonchev–Trinajstić information content (AvgIpc) is 2.59. The molecule has 0 saturated carbocycles. The van der Waals surface area contributed by atoms with E-state index in [0.29, 0.717) is 12.8 Å². The molecule has 0 atom stereocenters. The first kappa shape index (κ1) is 19.7. The van der Waals surface area contributed by atoms with Gasteiger partial charge in [-0.15, -0.1) is 12.4 Å². The molecule has 2 amide bonds. The van der Waals surface area contributed by atoms with Gasteiger partial charge >= 0.3 is 0 Å². The molecule has 8 heteroatoms. The first-order valence-corrected chi connectivity index (χ1v) is 7.54. The van der Waals surface area contributed by atoms with Crippen LogP contribution in [0, 0.1) is 5.92 Å². The Morgan fingerprint density at radius 1 is 1.29 bits per heavy atom. The molecule has 0 aromatic carbocycles. The Bertz CT molecular complexity index is 609. The van der Waals surface area contributed by atoms with Crippen LogP contribution in [0.25, 0.3) is 0 Å². The van der Waals surface area contributed by atoms with E-state index in [0.717, 1.165) is 18.8 Å². The summed E-state index contributed by atoms with van der Waals surface area (Å²) in [7, 11) is 0. The fraction of sp³-hybridized carbons (Fsp3) is 0.438. The number of carbonyl (C=O) groups excluding carboxylic acids is 3. The molecule has 0 spiro atoms. The van der Waals surface area contributed by atoms with Gasteiger partial charge in [-0.3, -0.25) is 14.6 Å². The lowest BCUT2D eigenvalue weighted by Crippen LogP contribution is -2.41. The summed E-state index contributed by atoms with van der Waals surface area (Å²) < 4.78 is 0. The van der Waals surface area contributed by atoms with Gasteiger partial charge in [-0.1, -0.05) is 0 Å². The predicted molar refractivity (Wildman–Crippen MR) is 92.5 cm³/mol. The highest BCUT2D eigenvalue weighted by Gasteiger charge is 2.25. The first-order valence-electron chi connectivity index (χ1n) is 7.54. The molecule has 1 aromatic heterocycles. The summed E-state index contributed by atoms with van der Waals surface area (Å²) in [6.07, 6.45) is 4.91. The highest BCUT2D eigenvalue weighted by atomic mass is 35.5.